The number of rotatable bonds is 4. The topological polar surface area (TPSA) is 90.4 Å². The van der Waals surface area contributed by atoms with E-state index in [1.807, 2.05) is 32.0 Å². The van der Waals surface area contributed by atoms with E-state index in [9.17, 15) is 4.79 Å². The van der Waals surface area contributed by atoms with E-state index in [-0.39, 0.29) is 18.0 Å². The fraction of sp³-hybridized carbons (Fsp3) is 0.308. The summed E-state index contributed by atoms with van der Waals surface area (Å²) in [6, 6.07) is 9.07. The summed E-state index contributed by atoms with van der Waals surface area (Å²) in [6.45, 7) is 5.98. The van der Waals surface area contributed by atoms with E-state index in [0.29, 0.717) is 5.56 Å². The summed E-state index contributed by atoms with van der Waals surface area (Å²) in [6.07, 6.45) is 0. The first-order valence-electron chi connectivity index (χ1n) is 5.89. The minimum Gasteiger partial charge on any atom is -0.461 e. The lowest BCUT2D eigenvalue weighted by Crippen LogP contribution is -2.31. The molecular weight excluding hydrogens is 230 g/mol. The molecule has 1 aromatic carbocycles. The SMILES string of the molecule is CC.CCOC(=O)/C(NN)=C(/N)c1ccccc1. The van der Waals surface area contributed by atoms with Gasteiger partial charge in [0.2, 0.25) is 0 Å². The molecule has 5 heteroatoms. The second kappa shape index (κ2) is 9.07. The van der Waals surface area contributed by atoms with E-state index < -0.39 is 5.97 Å². The maximum atomic E-state index is 11.5. The highest BCUT2D eigenvalue weighted by molar-refractivity contribution is 5.96. The van der Waals surface area contributed by atoms with Crippen molar-refractivity contribution in [1.82, 2.24) is 5.43 Å². The van der Waals surface area contributed by atoms with Crippen LogP contribution in [0.1, 0.15) is 26.3 Å². The molecule has 100 valence electrons. The number of hydrazine groups is 1. The van der Waals surface area contributed by atoms with Crippen LogP contribution in [0.25, 0.3) is 5.70 Å². The number of nitrogens with one attached hydrogen (secondary N) is 1. The fourth-order valence-electron chi connectivity index (χ4n) is 1.21. The number of ether oxygens (including phenoxy) is 1. The van der Waals surface area contributed by atoms with Gasteiger partial charge in [0.05, 0.1) is 12.3 Å². The second-order valence-corrected chi connectivity index (χ2v) is 3.02. The average molecular weight is 251 g/mol. The van der Waals surface area contributed by atoms with Gasteiger partial charge in [0.25, 0.3) is 0 Å². The highest BCUT2D eigenvalue weighted by Gasteiger charge is 2.14. The molecule has 0 bridgehead atoms. The Morgan fingerprint density at radius 2 is 1.83 bits per heavy atom. The number of hydrogen-bond acceptors (Lipinski definition) is 5. The zero-order valence-electron chi connectivity index (χ0n) is 11.1. The number of carbonyl (C=O) groups is 1. The lowest BCUT2D eigenvalue weighted by molar-refractivity contribution is -0.138. The van der Waals surface area contributed by atoms with E-state index in [2.05, 4.69) is 5.43 Å². The summed E-state index contributed by atoms with van der Waals surface area (Å²) in [7, 11) is 0. The van der Waals surface area contributed by atoms with Crippen LogP contribution in [0.5, 0.6) is 0 Å². The van der Waals surface area contributed by atoms with Gasteiger partial charge in [-0.25, -0.2) is 4.79 Å². The first-order chi connectivity index (χ1) is 8.70. The van der Waals surface area contributed by atoms with E-state index in [4.69, 9.17) is 16.3 Å². The van der Waals surface area contributed by atoms with Crippen LogP contribution in [0.2, 0.25) is 0 Å². The summed E-state index contributed by atoms with van der Waals surface area (Å²) in [5.41, 5.74) is 9.12. The van der Waals surface area contributed by atoms with E-state index in [0.717, 1.165) is 0 Å². The molecule has 18 heavy (non-hydrogen) atoms. The number of esters is 1. The van der Waals surface area contributed by atoms with Gasteiger partial charge in [-0.2, -0.15) is 0 Å². The van der Waals surface area contributed by atoms with Crippen LogP contribution in [0.4, 0.5) is 0 Å². The van der Waals surface area contributed by atoms with Crippen LogP contribution in [0.15, 0.2) is 36.0 Å². The van der Waals surface area contributed by atoms with Crippen LogP contribution in [0.3, 0.4) is 0 Å². The molecule has 0 aliphatic heterocycles. The minimum absolute atomic E-state index is 0.0630. The third-order valence-electron chi connectivity index (χ3n) is 1.98. The largest absolute Gasteiger partial charge is 0.461 e. The van der Waals surface area contributed by atoms with Gasteiger partial charge in [-0.3, -0.25) is 5.84 Å². The molecule has 1 rings (SSSR count). The third kappa shape index (κ3) is 4.47. The predicted molar refractivity (Wildman–Crippen MR) is 72.9 cm³/mol. The Morgan fingerprint density at radius 1 is 1.28 bits per heavy atom. The molecule has 0 spiro atoms. The number of hydrogen-bond donors (Lipinski definition) is 3. The summed E-state index contributed by atoms with van der Waals surface area (Å²) in [5, 5.41) is 0. The second-order valence-electron chi connectivity index (χ2n) is 3.02. The maximum Gasteiger partial charge on any atom is 0.357 e. The average Bonchev–Trinajstić information content (AvgIpc) is 2.43. The Kier molecular flexibility index (Phi) is 8.05. The molecule has 0 aliphatic rings. The third-order valence-corrected chi connectivity index (χ3v) is 1.98. The van der Waals surface area contributed by atoms with Crippen LogP contribution in [0, 0.1) is 0 Å². The summed E-state index contributed by atoms with van der Waals surface area (Å²) in [5.74, 6) is 4.69. The molecule has 0 saturated heterocycles. The Labute approximate surface area is 108 Å². The molecule has 0 radical (unpaired) electrons. The molecule has 5 N–H and O–H groups in total. The van der Waals surface area contributed by atoms with E-state index >= 15 is 0 Å². The quantitative estimate of drug-likeness (QED) is 0.325. The molecular formula is C13H21N3O2. The zero-order chi connectivity index (χ0) is 14.0. The molecule has 0 aromatic heterocycles. The first-order valence-corrected chi connectivity index (χ1v) is 5.89. The molecule has 5 nitrogen and oxygen atoms in total. The molecule has 0 fully saturated rings. The van der Waals surface area contributed by atoms with Crippen LogP contribution in [-0.2, 0) is 9.53 Å². The van der Waals surface area contributed by atoms with Gasteiger partial charge in [0.1, 0.15) is 0 Å². The minimum atomic E-state index is -0.564. The predicted octanol–water partition coefficient (Wildman–Crippen LogP) is 1.37. The van der Waals surface area contributed by atoms with Crippen LogP contribution >= 0.6 is 0 Å². The van der Waals surface area contributed by atoms with Crippen LogP contribution in [-0.4, -0.2) is 12.6 Å². The summed E-state index contributed by atoms with van der Waals surface area (Å²) >= 11 is 0. The van der Waals surface area contributed by atoms with Crippen molar-refractivity contribution in [2.24, 2.45) is 11.6 Å². The normalized spacial score (nSPS) is 10.7. The molecule has 0 amide bonds. The summed E-state index contributed by atoms with van der Waals surface area (Å²) in [4.78, 5) is 11.5. The van der Waals surface area contributed by atoms with Crippen molar-refractivity contribution in [2.75, 3.05) is 6.61 Å². The molecule has 0 unspecified atom stereocenters. The lowest BCUT2D eigenvalue weighted by Gasteiger charge is -2.10. The summed E-state index contributed by atoms with van der Waals surface area (Å²) < 4.78 is 4.82. The number of carbonyl (C=O) groups excluding carboxylic acids is 1. The smallest absolute Gasteiger partial charge is 0.357 e. The first kappa shape index (κ1) is 16.0. The standard InChI is InChI=1S/C11H15N3O2.C2H6/c1-2-16-11(15)10(14-13)9(12)8-6-4-3-5-7-8;1-2/h3-7,14H,2,12-13H2,1H3;1-2H3/b10-9-;. The molecule has 0 aliphatic carbocycles. The molecule has 0 atom stereocenters. The molecule has 0 saturated carbocycles. The van der Waals surface area contributed by atoms with Crippen molar-refractivity contribution in [3.8, 4) is 0 Å². The lowest BCUT2D eigenvalue weighted by atomic mass is 10.1. The number of benzene rings is 1. The monoisotopic (exact) mass is 251 g/mol. The van der Waals surface area contributed by atoms with Gasteiger partial charge < -0.3 is 15.9 Å². The highest BCUT2D eigenvalue weighted by atomic mass is 16.5. The Bertz CT molecular complexity index is 388. The van der Waals surface area contributed by atoms with Crippen molar-refractivity contribution in [3.63, 3.8) is 0 Å². The van der Waals surface area contributed by atoms with Gasteiger partial charge in [0, 0.05) is 0 Å². The van der Waals surface area contributed by atoms with Crippen molar-refractivity contribution >= 4 is 11.7 Å². The maximum absolute atomic E-state index is 11.5. The van der Waals surface area contributed by atoms with Crippen molar-refractivity contribution in [3.05, 3.63) is 41.6 Å². The van der Waals surface area contributed by atoms with Gasteiger partial charge in [-0.05, 0) is 12.5 Å². The van der Waals surface area contributed by atoms with Gasteiger partial charge in [-0.1, -0.05) is 44.2 Å². The number of nitrogens with two attached hydrogens (primary N) is 2. The van der Waals surface area contributed by atoms with Gasteiger partial charge in [0.15, 0.2) is 5.70 Å². The Morgan fingerprint density at radius 3 is 2.28 bits per heavy atom. The molecule has 0 heterocycles. The highest BCUT2D eigenvalue weighted by Crippen LogP contribution is 2.11. The van der Waals surface area contributed by atoms with Gasteiger partial charge in [-0.15, -0.1) is 0 Å². The van der Waals surface area contributed by atoms with Crippen molar-refractivity contribution in [2.45, 2.75) is 20.8 Å². The zero-order valence-corrected chi connectivity index (χ0v) is 11.1. The Hall–Kier alpha value is -2.01. The van der Waals surface area contributed by atoms with E-state index in [1.165, 1.54) is 0 Å². The van der Waals surface area contributed by atoms with E-state index in [1.54, 1.807) is 19.1 Å². The molecule has 1 aromatic rings. The van der Waals surface area contributed by atoms with Crippen molar-refractivity contribution < 1.29 is 9.53 Å². The fourth-order valence-corrected chi connectivity index (χ4v) is 1.21. The van der Waals surface area contributed by atoms with Crippen LogP contribution < -0.4 is 17.0 Å². The van der Waals surface area contributed by atoms with Gasteiger partial charge >= 0.3 is 5.97 Å². The Balaban J connectivity index is 0.00000137. The van der Waals surface area contributed by atoms with Crippen molar-refractivity contribution in [1.29, 1.82) is 0 Å².